The van der Waals surface area contributed by atoms with Gasteiger partial charge in [0.15, 0.2) is 0 Å². The minimum Gasteiger partial charge on any atom is -0.480 e. The van der Waals surface area contributed by atoms with Crippen LogP contribution in [-0.4, -0.2) is 125 Å². The molecule has 0 aromatic heterocycles. The van der Waals surface area contributed by atoms with Crippen molar-refractivity contribution in [2.24, 2.45) is 23.1 Å². The minimum absolute atomic E-state index is 0.0275. The lowest BCUT2D eigenvalue weighted by Crippen LogP contribution is -2.59. The van der Waals surface area contributed by atoms with Gasteiger partial charge in [-0.2, -0.15) is 0 Å². The van der Waals surface area contributed by atoms with Gasteiger partial charge in [-0.1, -0.05) is 20.3 Å². The molecule has 1 fully saturated rings. The van der Waals surface area contributed by atoms with E-state index in [0.29, 0.717) is 58.0 Å². The van der Waals surface area contributed by atoms with Crippen molar-refractivity contribution < 1.29 is 43.8 Å². The van der Waals surface area contributed by atoms with Crippen molar-refractivity contribution in [1.82, 2.24) is 31.5 Å². The van der Waals surface area contributed by atoms with E-state index in [4.69, 9.17) is 17.2 Å². The zero-order chi connectivity index (χ0) is 38.0. The Kier molecular flexibility index (Phi) is 20.1. The predicted octanol–water partition coefficient (Wildman–Crippen LogP) is -2.85. The first-order valence-electron chi connectivity index (χ1n) is 17.4. The maximum atomic E-state index is 13.6. The van der Waals surface area contributed by atoms with Crippen molar-refractivity contribution in [2.45, 2.75) is 128 Å². The number of aliphatic carboxylic acids is 1. The topological polar surface area (TPSA) is 301 Å². The largest absolute Gasteiger partial charge is 0.480 e. The van der Waals surface area contributed by atoms with Crippen LogP contribution in [0.4, 0.5) is 0 Å². The molecular formula is C32H59N9O9. The average molecular weight is 714 g/mol. The number of nitrogens with one attached hydrogen (secondary N) is 5. The number of hydrogen-bond acceptors (Lipinski definition) is 11. The van der Waals surface area contributed by atoms with Crippen LogP contribution < -0.4 is 43.8 Å². The van der Waals surface area contributed by atoms with Crippen molar-refractivity contribution in [3.05, 3.63) is 0 Å². The van der Waals surface area contributed by atoms with Crippen molar-refractivity contribution >= 4 is 41.4 Å². The van der Waals surface area contributed by atoms with Crippen LogP contribution in [0.3, 0.4) is 0 Å². The number of carbonyl (C=O) groups excluding carboxylic acids is 6. The van der Waals surface area contributed by atoms with Gasteiger partial charge in [-0.25, -0.2) is 4.79 Å². The smallest absolute Gasteiger partial charge is 0.326 e. The Morgan fingerprint density at radius 1 is 0.720 bits per heavy atom. The normalized spacial score (nSPS) is 17.9. The van der Waals surface area contributed by atoms with E-state index >= 15 is 0 Å². The van der Waals surface area contributed by atoms with E-state index in [9.17, 15) is 43.8 Å². The van der Waals surface area contributed by atoms with Crippen molar-refractivity contribution in [3.8, 4) is 0 Å². The summed E-state index contributed by atoms with van der Waals surface area (Å²) in [5, 5.41) is 31.6. The molecule has 0 spiro atoms. The van der Waals surface area contributed by atoms with Crippen LogP contribution in [0, 0.1) is 5.92 Å². The number of amides is 6. The first-order chi connectivity index (χ1) is 23.6. The van der Waals surface area contributed by atoms with Gasteiger partial charge in [-0.15, -0.1) is 0 Å². The summed E-state index contributed by atoms with van der Waals surface area (Å²) in [5.74, 6) is -5.24. The number of likely N-dealkylation sites (tertiary alicyclic amines) is 1. The van der Waals surface area contributed by atoms with E-state index in [1.54, 1.807) is 0 Å². The summed E-state index contributed by atoms with van der Waals surface area (Å²) in [6.45, 7) is 6.73. The second-order valence-electron chi connectivity index (χ2n) is 13.2. The van der Waals surface area contributed by atoms with Crippen molar-refractivity contribution in [2.75, 3.05) is 26.2 Å². The molecule has 50 heavy (non-hydrogen) atoms. The fourth-order valence-corrected chi connectivity index (χ4v) is 5.41. The number of nitrogens with zero attached hydrogens (tertiary/aromatic N) is 1. The van der Waals surface area contributed by atoms with Gasteiger partial charge in [0.1, 0.15) is 36.3 Å². The molecule has 0 aromatic rings. The Morgan fingerprint density at radius 2 is 1.26 bits per heavy atom. The molecule has 18 nitrogen and oxygen atoms in total. The summed E-state index contributed by atoms with van der Waals surface area (Å²) in [7, 11) is 0. The summed E-state index contributed by atoms with van der Waals surface area (Å²) < 4.78 is 0. The Morgan fingerprint density at radius 3 is 1.80 bits per heavy atom. The summed E-state index contributed by atoms with van der Waals surface area (Å²) in [5.41, 5.74) is 17.0. The van der Waals surface area contributed by atoms with E-state index in [1.807, 2.05) is 13.8 Å². The third-order valence-electron chi connectivity index (χ3n) is 8.35. The number of carbonyl (C=O) groups is 7. The summed E-state index contributed by atoms with van der Waals surface area (Å²) in [4.78, 5) is 90.9. The average Bonchev–Trinajstić information content (AvgIpc) is 3.55. The van der Waals surface area contributed by atoms with E-state index in [0.717, 1.165) is 0 Å². The molecule has 0 aromatic carbocycles. The number of aliphatic hydroxyl groups excluding tert-OH is 1. The molecule has 0 unspecified atom stereocenters. The molecule has 0 radical (unpaired) electrons. The summed E-state index contributed by atoms with van der Waals surface area (Å²) in [6, 6.07) is -7.72. The molecule has 0 saturated carbocycles. The van der Waals surface area contributed by atoms with Gasteiger partial charge in [0.2, 0.25) is 35.4 Å². The minimum atomic E-state index is -1.47. The fourth-order valence-electron chi connectivity index (χ4n) is 5.41. The van der Waals surface area contributed by atoms with Gasteiger partial charge >= 0.3 is 5.97 Å². The van der Waals surface area contributed by atoms with Crippen LogP contribution in [-0.2, 0) is 33.6 Å². The first-order valence-corrected chi connectivity index (χ1v) is 17.4. The van der Waals surface area contributed by atoms with Crippen LogP contribution in [0.25, 0.3) is 0 Å². The maximum Gasteiger partial charge on any atom is 0.326 e. The number of carboxylic acid groups (broad SMARTS) is 1. The van der Waals surface area contributed by atoms with Crippen molar-refractivity contribution in [1.29, 1.82) is 0 Å². The van der Waals surface area contributed by atoms with Gasteiger partial charge < -0.3 is 58.9 Å². The van der Waals surface area contributed by atoms with E-state index in [1.165, 1.54) is 18.7 Å². The molecule has 1 aliphatic heterocycles. The third-order valence-corrected chi connectivity index (χ3v) is 8.35. The highest BCUT2D eigenvalue weighted by atomic mass is 16.4. The third kappa shape index (κ3) is 14.9. The first kappa shape index (κ1) is 44.2. The molecule has 0 bridgehead atoms. The predicted molar refractivity (Wildman–Crippen MR) is 184 cm³/mol. The monoisotopic (exact) mass is 713 g/mol. The molecule has 1 aliphatic rings. The molecule has 13 N–H and O–H groups in total. The van der Waals surface area contributed by atoms with Gasteiger partial charge in [0.25, 0.3) is 0 Å². The molecule has 1 heterocycles. The van der Waals surface area contributed by atoms with E-state index < -0.39 is 90.3 Å². The van der Waals surface area contributed by atoms with Crippen LogP contribution >= 0.6 is 0 Å². The van der Waals surface area contributed by atoms with Gasteiger partial charge in [-0.3, -0.25) is 28.8 Å². The molecule has 7 atom stereocenters. The van der Waals surface area contributed by atoms with Crippen LogP contribution in [0.1, 0.15) is 85.5 Å². The lowest BCUT2D eigenvalue weighted by Gasteiger charge is -2.31. The van der Waals surface area contributed by atoms with Gasteiger partial charge in [-0.05, 0) is 84.2 Å². The lowest BCUT2D eigenvalue weighted by atomic mass is 10.0. The SMILES string of the molecule is CC(C)C[C@H](NC(=O)[C@@H](N)CCCCN)C(=O)N1CCC[C@H]1C(=O)N[C@@H](CO)C(=O)N[C@@H](C)C(=O)N[C@@H](C)C(=O)N[C@@H](CCCCN)C(=O)O. The molecule has 1 rings (SSSR count). The number of nitrogens with two attached hydrogens (primary N) is 3. The quantitative estimate of drug-likeness (QED) is 0.0479. The van der Waals surface area contributed by atoms with Crippen LogP contribution in [0.2, 0.25) is 0 Å². The fraction of sp³-hybridized carbons (Fsp3) is 0.781. The molecular weight excluding hydrogens is 654 g/mol. The van der Waals surface area contributed by atoms with Crippen LogP contribution in [0.15, 0.2) is 0 Å². The Labute approximate surface area is 293 Å². The molecule has 0 aliphatic carbocycles. The number of unbranched alkanes of at least 4 members (excludes halogenated alkanes) is 2. The Bertz CT molecular complexity index is 1160. The number of hydrogen-bond donors (Lipinski definition) is 10. The number of carboxylic acids is 1. The summed E-state index contributed by atoms with van der Waals surface area (Å²) >= 11 is 0. The number of aliphatic hydroxyl groups is 1. The second kappa shape index (κ2) is 22.8. The summed E-state index contributed by atoms with van der Waals surface area (Å²) in [6.07, 6.45) is 4.09. The zero-order valence-electron chi connectivity index (χ0n) is 29.7. The zero-order valence-corrected chi connectivity index (χ0v) is 29.7. The van der Waals surface area contributed by atoms with Crippen LogP contribution in [0.5, 0.6) is 0 Å². The number of rotatable bonds is 23. The second-order valence-corrected chi connectivity index (χ2v) is 13.2. The molecule has 1 saturated heterocycles. The maximum absolute atomic E-state index is 13.6. The van der Waals surface area contributed by atoms with Crippen molar-refractivity contribution in [3.63, 3.8) is 0 Å². The Balaban J connectivity index is 2.83. The van der Waals surface area contributed by atoms with E-state index in [2.05, 4.69) is 26.6 Å². The highest BCUT2D eigenvalue weighted by Gasteiger charge is 2.39. The van der Waals surface area contributed by atoms with Gasteiger partial charge in [0.05, 0.1) is 12.6 Å². The Hall–Kier alpha value is -3.87. The highest BCUT2D eigenvalue weighted by molar-refractivity contribution is 5.97. The van der Waals surface area contributed by atoms with Gasteiger partial charge in [0, 0.05) is 6.54 Å². The van der Waals surface area contributed by atoms with E-state index in [-0.39, 0.29) is 25.3 Å². The standard InChI is InChI=1S/C32H59N9O9/c1-18(2)16-23(39-28(45)21(35)10-5-7-13-33)31(48)41-15-9-12-25(41)30(47)40-24(17-42)29(46)37-19(3)26(43)36-20(4)27(44)38-22(32(49)50)11-6-8-14-34/h18-25,42H,5-17,33-35H2,1-4H3,(H,36,43)(H,37,46)(H,38,44)(H,39,45)(H,40,47)(H,49,50)/t19-,20-,21-,22-,23-,24-,25-/m0/s1. The lowest BCUT2D eigenvalue weighted by molar-refractivity contribution is -0.143. The highest BCUT2D eigenvalue weighted by Crippen LogP contribution is 2.21. The molecule has 286 valence electrons. The molecule has 18 heteroatoms. The molecule has 6 amide bonds.